The average molecular weight is 454 g/mol. The largest absolute Gasteiger partial charge is 0.350 e. The van der Waals surface area contributed by atoms with Gasteiger partial charge in [0.1, 0.15) is 5.69 Å². The lowest BCUT2D eigenvalue weighted by Gasteiger charge is -2.38. The van der Waals surface area contributed by atoms with Crippen LogP contribution >= 0.6 is 15.9 Å². The van der Waals surface area contributed by atoms with Crippen molar-refractivity contribution in [3.05, 3.63) is 69.3 Å². The van der Waals surface area contributed by atoms with E-state index < -0.39 is 0 Å². The van der Waals surface area contributed by atoms with E-state index in [0.29, 0.717) is 24.2 Å². The summed E-state index contributed by atoms with van der Waals surface area (Å²) >= 11 is 3.63. The fourth-order valence-corrected chi connectivity index (χ4v) is 4.74. The van der Waals surface area contributed by atoms with Crippen LogP contribution in [0, 0.1) is 12.8 Å². The van der Waals surface area contributed by atoms with Crippen molar-refractivity contribution in [2.45, 2.75) is 39.8 Å². The number of hydrogen-bond acceptors (Lipinski definition) is 2. The summed E-state index contributed by atoms with van der Waals surface area (Å²) in [5.74, 6) is 0.411. The number of carbonyl (C=O) groups is 1. The molecule has 0 spiro atoms. The third-order valence-electron chi connectivity index (χ3n) is 6.05. The minimum Gasteiger partial charge on any atom is -0.350 e. The molecule has 0 saturated heterocycles. The zero-order chi connectivity index (χ0) is 20.5. The number of fused-ring (bicyclic) bond motifs is 2. The molecule has 1 aliphatic rings. The molecule has 152 valence electrons. The summed E-state index contributed by atoms with van der Waals surface area (Å²) in [4.78, 5) is 18.6. The lowest BCUT2D eigenvalue weighted by atomic mass is 9.95. The molecule has 0 bridgehead atoms. The first-order chi connectivity index (χ1) is 13.9. The number of aromatic amines is 1. The topological polar surface area (TPSA) is 48.1 Å². The molecule has 4 nitrogen and oxygen atoms in total. The van der Waals surface area contributed by atoms with Crippen LogP contribution < -0.4 is 5.32 Å². The summed E-state index contributed by atoms with van der Waals surface area (Å²) in [7, 11) is 0. The fourth-order valence-electron chi connectivity index (χ4n) is 4.28. The number of benzene rings is 2. The highest BCUT2D eigenvalue weighted by Crippen LogP contribution is 2.28. The monoisotopic (exact) mass is 453 g/mol. The summed E-state index contributed by atoms with van der Waals surface area (Å²) in [5.41, 5.74) is 5.60. The van der Waals surface area contributed by atoms with Crippen molar-refractivity contribution in [3.63, 3.8) is 0 Å². The molecule has 2 heterocycles. The van der Waals surface area contributed by atoms with E-state index in [1.807, 2.05) is 18.2 Å². The Morgan fingerprint density at radius 3 is 2.72 bits per heavy atom. The van der Waals surface area contributed by atoms with Crippen molar-refractivity contribution in [1.29, 1.82) is 0 Å². The first-order valence-corrected chi connectivity index (χ1v) is 11.1. The van der Waals surface area contributed by atoms with E-state index in [9.17, 15) is 4.79 Å². The number of carbonyl (C=O) groups excluding carboxylic acids is 1. The number of nitrogens with one attached hydrogen (secondary N) is 2. The average Bonchev–Trinajstić information content (AvgIpc) is 3.16. The zero-order valence-electron chi connectivity index (χ0n) is 17.3. The van der Waals surface area contributed by atoms with Gasteiger partial charge in [0.05, 0.1) is 0 Å². The van der Waals surface area contributed by atoms with Gasteiger partial charge in [-0.15, -0.1) is 0 Å². The maximum atomic E-state index is 12.8. The first kappa shape index (κ1) is 20.2. The van der Waals surface area contributed by atoms with Gasteiger partial charge in [-0.2, -0.15) is 0 Å². The molecular weight excluding hydrogens is 426 g/mol. The summed E-state index contributed by atoms with van der Waals surface area (Å²) in [6.07, 6.45) is 1.07. The quantitative estimate of drug-likeness (QED) is 0.567. The lowest BCUT2D eigenvalue weighted by molar-refractivity contribution is 0.0900. The molecule has 4 rings (SSSR count). The van der Waals surface area contributed by atoms with Crippen LogP contribution in [0.15, 0.2) is 46.9 Å². The molecule has 1 aliphatic heterocycles. The zero-order valence-corrected chi connectivity index (χ0v) is 18.8. The van der Waals surface area contributed by atoms with Crippen LogP contribution in [0.4, 0.5) is 0 Å². The number of H-pyrrole nitrogens is 1. The van der Waals surface area contributed by atoms with Crippen molar-refractivity contribution in [2.75, 3.05) is 13.1 Å². The van der Waals surface area contributed by atoms with Gasteiger partial charge in [0.25, 0.3) is 5.91 Å². The summed E-state index contributed by atoms with van der Waals surface area (Å²) in [6.45, 7) is 9.16. The van der Waals surface area contributed by atoms with Crippen molar-refractivity contribution in [1.82, 2.24) is 15.2 Å². The number of rotatable bonds is 5. The third kappa shape index (κ3) is 4.12. The molecule has 0 saturated carbocycles. The van der Waals surface area contributed by atoms with Crippen LogP contribution in [0.2, 0.25) is 0 Å². The van der Waals surface area contributed by atoms with Gasteiger partial charge in [-0.1, -0.05) is 44.2 Å². The number of halogens is 1. The third-order valence-corrected chi connectivity index (χ3v) is 7.10. The van der Waals surface area contributed by atoms with Gasteiger partial charge in [-0.3, -0.25) is 9.69 Å². The normalized spacial score (nSPS) is 15.5. The molecule has 2 N–H and O–H groups in total. The van der Waals surface area contributed by atoms with Gasteiger partial charge in [0.15, 0.2) is 0 Å². The molecule has 0 fully saturated rings. The van der Waals surface area contributed by atoms with Gasteiger partial charge in [0, 0.05) is 41.1 Å². The Bertz CT molecular complexity index is 1040. The SMILES string of the molecule is Cc1ccc2[nH]c(C(=O)NCC(C(C)C)N3CCc4ccccc4C3)cc2c1Br. The number of hydrogen-bond donors (Lipinski definition) is 2. The van der Waals surface area contributed by atoms with Crippen LogP contribution in [-0.4, -0.2) is 34.9 Å². The predicted octanol–water partition coefficient (Wildman–Crippen LogP) is 5.05. The van der Waals surface area contributed by atoms with Crippen molar-refractivity contribution >= 4 is 32.7 Å². The van der Waals surface area contributed by atoms with Gasteiger partial charge >= 0.3 is 0 Å². The van der Waals surface area contributed by atoms with Gasteiger partial charge < -0.3 is 10.3 Å². The maximum absolute atomic E-state index is 12.8. The maximum Gasteiger partial charge on any atom is 0.267 e. The Morgan fingerprint density at radius 2 is 1.97 bits per heavy atom. The van der Waals surface area contributed by atoms with E-state index in [1.54, 1.807) is 0 Å². The van der Waals surface area contributed by atoms with E-state index in [2.05, 4.69) is 76.2 Å². The number of aryl methyl sites for hydroxylation is 1. The van der Waals surface area contributed by atoms with Crippen LogP contribution in [0.1, 0.15) is 41.0 Å². The highest BCUT2D eigenvalue weighted by atomic mass is 79.9. The van der Waals surface area contributed by atoms with Crippen LogP contribution in [-0.2, 0) is 13.0 Å². The van der Waals surface area contributed by atoms with Gasteiger partial charge in [0.2, 0.25) is 0 Å². The molecular formula is C24H28BrN3O. The van der Waals surface area contributed by atoms with E-state index in [4.69, 9.17) is 0 Å². The summed E-state index contributed by atoms with van der Waals surface area (Å²) in [5, 5.41) is 4.21. The second kappa shape index (κ2) is 8.33. The lowest BCUT2D eigenvalue weighted by Crippen LogP contribution is -2.48. The molecule has 1 amide bonds. The number of amides is 1. The molecule has 3 aromatic rings. The summed E-state index contributed by atoms with van der Waals surface area (Å²) < 4.78 is 1.04. The van der Waals surface area contributed by atoms with Gasteiger partial charge in [-0.25, -0.2) is 0 Å². The highest BCUT2D eigenvalue weighted by Gasteiger charge is 2.26. The Morgan fingerprint density at radius 1 is 1.21 bits per heavy atom. The molecule has 1 aromatic heterocycles. The Kier molecular flexibility index (Phi) is 5.79. The molecule has 5 heteroatoms. The van der Waals surface area contributed by atoms with Crippen LogP contribution in [0.25, 0.3) is 10.9 Å². The Balaban J connectivity index is 1.46. The number of nitrogens with zero attached hydrogens (tertiary/aromatic N) is 1. The van der Waals surface area contributed by atoms with Crippen LogP contribution in [0.5, 0.6) is 0 Å². The van der Waals surface area contributed by atoms with Crippen molar-refractivity contribution in [3.8, 4) is 0 Å². The minimum absolute atomic E-state index is 0.0474. The second-order valence-corrected chi connectivity index (χ2v) is 9.14. The molecule has 29 heavy (non-hydrogen) atoms. The fraction of sp³-hybridized carbons (Fsp3) is 0.375. The van der Waals surface area contributed by atoms with E-state index in [0.717, 1.165) is 40.4 Å². The van der Waals surface area contributed by atoms with Crippen molar-refractivity contribution in [2.24, 2.45) is 5.92 Å². The standard InChI is InChI=1S/C24H28BrN3O/c1-15(2)22(28-11-10-17-6-4-5-7-18(17)14-28)13-26-24(29)21-12-19-20(27-21)9-8-16(3)23(19)25/h4-9,12,15,22,27H,10-11,13-14H2,1-3H3,(H,26,29). The van der Waals surface area contributed by atoms with E-state index in [1.165, 1.54) is 11.1 Å². The molecule has 0 radical (unpaired) electrons. The predicted molar refractivity (Wildman–Crippen MR) is 122 cm³/mol. The molecule has 0 aliphatic carbocycles. The second-order valence-electron chi connectivity index (χ2n) is 8.35. The van der Waals surface area contributed by atoms with Crippen molar-refractivity contribution < 1.29 is 4.79 Å². The summed E-state index contributed by atoms with van der Waals surface area (Å²) in [6, 6.07) is 15.0. The first-order valence-electron chi connectivity index (χ1n) is 10.3. The van der Waals surface area contributed by atoms with Crippen LogP contribution in [0.3, 0.4) is 0 Å². The Hall–Kier alpha value is -2.11. The minimum atomic E-state index is -0.0474. The van der Waals surface area contributed by atoms with Gasteiger partial charge in [-0.05, 0) is 64.0 Å². The smallest absolute Gasteiger partial charge is 0.267 e. The molecule has 2 aromatic carbocycles. The molecule has 1 atom stereocenters. The number of aromatic nitrogens is 1. The molecule has 1 unspecified atom stereocenters. The van der Waals surface area contributed by atoms with E-state index in [-0.39, 0.29) is 5.91 Å². The van der Waals surface area contributed by atoms with E-state index >= 15 is 0 Å². The Labute approximate surface area is 180 Å². The highest BCUT2D eigenvalue weighted by molar-refractivity contribution is 9.10.